The standard InChI is InChI=1S/C21H44O4S.Na/c1-3-5-7-9-11-12-13-14-16-18-20(22)21(26(23,24)25)19-17-15-10-8-6-4-2;/h20-22H,3-19H2,1-2H3,(H,23,24,25);/q;+1/p-1. The van der Waals surface area contributed by atoms with Crippen molar-refractivity contribution in [3.8, 4) is 0 Å². The average molecular weight is 415 g/mol. The van der Waals surface area contributed by atoms with Gasteiger partial charge in [0.2, 0.25) is 0 Å². The van der Waals surface area contributed by atoms with Crippen LogP contribution in [-0.2, 0) is 10.1 Å². The Morgan fingerprint density at radius 1 is 0.667 bits per heavy atom. The Morgan fingerprint density at radius 2 is 1.00 bits per heavy atom. The molecule has 0 aliphatic rings. The second-order valence-electron chi connectivity index (χ2n) is 7.77. The molecule has 2 unspecified atom stereocenters. The maximum absolute atomic E-state index is 11.5. The van der Waals surface area contributed by atoms with E-state index in [-0.39, 0.29) is 29.6 Å². The molecule has 0 aromatic carbocycles. The maximum atomic E-state index is 11.5. The molecular weight excluding hydrogens is 371 g/mol. The monoisotopic (exact) mass is 414 g/mol. The summed E-state index contributed by atoms with van der Waals surface area (Å²) in [6.07, 6.45) is 16.6. The van der Waals surface area contributed by atoms with Crippen molar-refractivity contribution in [2.45, 2.75) is 134 Å². The molecule has 6 heteroatoms. The Labute approximate surface area is 191 Å². The summed E-state index contributed by atoms with van der Waals surface area (Å²) < 4.78 is 34.5. The van der Waals surface area contributed by atoms with E-state index >= 15 is 0 Å². The van der Waals surface area contributed by atoms with Gasteiger partial charge in [-0.25, -0.2) is 8.42 Å². The molecule has 0 rings (SSSR count). The molecule has 0 fully saturated rings. The minimum atomic E-state index is -4.42. The quantitative estimate of drug-likeness (QED) is 0.200. The van der Waals surface area contributed by atoms with Gasteiger partial charge in [-0.1, -0.05) is 110 Å². The molecule has 0 bridgehead atoms. The molecule has 0 aliphatic heterocycles. The van der Waals surface area contributed by atoms with Crippen molar-refractivity contribution in [3.63, 3.8) is 0 Å². The van der Waals surface area contributed by atoms with Crippen LogP contribution < -0.4 is 29.6 Å². The van der Waals surface area contributed by atoms with Crippen LogP contribution in [0.25, 0.3) is 0 Å². The van der Waals surface area contributed by atoms with Crippen LogP contribution in [0, 0.1) is 0 Å². The van der Waals surface area contributed by atoms with Gasteiger partial charge in [-0.3, -0.25) is 0 Å². The smallest absolute Gasteiger partial charge is 0.748 e. The van der Waals surface area contributed by atoms with Crippen LogP contribution in [-0.4, -0.2) is 29.4 Å². The maximum Gasteiger partial charge on any atom is 1.00 e. The Kier molecular flexibility index (Phi) is 22.4. The summed E-state index contributed by atoms with van der Waals surface area (Å²) in [5, 5.41) is 9.08. The first-order valence-corrected chi connectivity index (χ1v) is 12.5. The van der Waals surface area contributed by atoms with Crippen molar-refractivity contribution in [1.29, 1.82) is 0 Å². The minimum absolute atomic E-state index is 0. The summed E-state index contributed by atoms with van der Waals surface area (Å²) in [7, 11) is -4.42. The van der Waals surface area contributed by atoms with Gasteiger partial charge in [0.25, 0.3) is 0 Å². The molecule has 2 atom stereocenters. The number of aliphatic hydroxyl groups excluding tert-OH is 1. The first kappa shape index (κ1) is 30.1. The molecule has 0 heterocycles. The van der Waals surface area contributed by atoms with Crippen LogP contribution in [0.3, 0.4) is 0 Å². The molecule has 0 aromatic heterocycles. The summed E-state index contributed by atoms with van der Waals surface area (Å²) in [6, 6.07) is 0. The summed E-state index contributed by atoms with van der Waals surface area (Å²) in [5.41, 5.74) is 0. The van der Waals surface area contributed by atoms with Gasteiger partial charge in [-0.15, -0.1) is 0 Å². The Morgan fingerprint density at radius 3 is 1.37 bits per heavy atom. The summed E-state index contributed by atoms with van der Waals surface area (Å²) >= 11 is 0. The van der Waals surface area contributed by atoms with E-state index in [2.05, 4.69) is 13.8 Å². The van der Waals surface area contributed by atoms with E-state index in [1.165, 1.54) is 51.4 Å². The average Bonchev–Trinajstić information content (AvgIpc) is 2.58. The predicted molar refractivity (Wildman–Crippen MR) is 109 cm³/mol. The van der Waals surface area contributed by atoms with Gasteiger partial charge in [0.1, 0.15) is 10.1 Å². The van der Waals surface area contributed by atoms with Crippen LogP contribution in [0.15, 0.2) is 0 Å². The van der Waals surface area contributed by atoms with E-state index in [1.54, 1.807) is 0 Å². The van der Waals surface area contributed by atoms with Crippen molar-refractivity contribution in [1.82, 2.24) is 0 Å². The number of hydrogen-bond acceptors (Lipinski definition) is 4. The van der Waals surface area contributed by atoms with E-state index in [0.717, 1.165) is 38.5 Å². The summed E-state index contributed by atoms with van der Waals surface area (Å²) in [5.74, 6) is 0. The van der Waals surface area contributed by atoms with Gasteiger partial charge in [-0.05, 0) is 12.8 Å². The molecule has 4 nitrogen and oxygen atoms in total. The van der Waals surface area contributed by atoms with Gasteiger partial charge in [0.05, 0.1) is 11.4 Å². The molecule has 27 heavy (non-hydrogen) atoms. The molecule has 1 N–H and O–H groups in total. The number of unbranched alkanes of at least 4 members (excludes halogenated alkanes) is 13. The van der Waals surface area contributed by atoms with Crippen LogP contribution in [0.2, 0.25) is 0 Å². The van der Waals surface area contributed by atoms with E-state index in [1.807, 2.05) is 0 Å². The van der Waals surface area contributed by atoms with Gasteiger partial charge in [-0.2, -0.15) is 0 Å². The number of aliphatic hydroxyl groups is 1. The van der Waals surface area contributed by atoms with Crippen molar-refractivity contribution < 1.29 is 47.6 Å². The van der Waals surface area contributed by atoms with Gasteiger partial charge >= 0.3 is 29.6 Å². The fourth-order valence-electron chi connectivity index (χ4n) is 3.50. The van der Waals surface area contributed by atoms with Gasteiger partial charge in [0, 0.05) is 0 Å². The molecule has 0 radical (unpaired) electrons. The summed E-state index contributed by atoms with van der Waals surface area (Å²) in [6.45, 7) is 4.37. The fourth-order valence-corrected chi connectivity index (χ4v) is 4.48. The predicted octanol–water partition coefficient (Wildman–Crippen LogP) is 2.94. The van der Waals surface area contributed by atoms with Gasteiger partial charge in [0.15, 0.2) is 0 Å². The molecule has 0 saturated heterocycles. The van der Waals surface area contributed by atoms with E-state index < -0.39 is 21.5 Å². The zero-order chi connectivity index (χ0) is 19.7. The van der Waals surface area contributed by atoms with E-state index in [0.29, 0.717) is 19.3 Å². The Bertz CT molecular complexity index is 401. The topological polar surface area (TPSA) is 77.4 Å². The Balaban J connectivity index is 0. The zero-order valence-electron chi connectivity index (χ0n) is 18.3. The molecule has 0 saturated carbocycles. The molecule has 0 amide bonds. The van der Waals surface area contributed by atoms with Crippen molar-refractivity contribution in [3.05, 3.63) is 0 Å². The number of hydrogen-bond donors (Lipinski definition) is 1. The van der Waals surface area contributed by atoms with E-state index in [9.17, 15) is 18.1 Å². The third-order valence-corrected chi connectivity index (χ3v) is 6.54. The summed E-state index contributed by atoms with van der Waals surface area (Å²) in [4.78, 5) is 0. The van der Waals surface area contributed by atoms with E-state index in [4.69, 9.17) is 0 Å². The van der Waals surface area contributed by atoms with Crippen molar-refractivity contribution in [2.24, 2.45) is 0 Å². The third-order valence-electron chi connectivity index (χ3n) is 5.25. The van der Waals surface area contributed by atoms with Gasteiger partial charge < -0.3 is 9.66 Å². The molecular formula is C21H43NaO4S. The van der Waals surface area contributed by atoms with Crippen LogP contribution >= 0.6 is 0 Å². The van der Waals surface area contributed by atoms with Crippen LogP contribution in [0.4, 0.5) is 0 Å². The largest absolute Gasteiger partial charge is 1.00 e. The Hall–Kier alpha value is 0.870. The zero-order valence-corrected chi connectivity index (χ0v) is 21.1. The normalized spacial score (nSPS) is 13.9. The second kappa shape index (κ2) is 20.2. The van der Waals surface area contributed by atoms with Crippen molar-refractivity contribution in [2.75, 3.05) is 0 Å². The third kappa shape index (κ3) is 18.6. The van der Waals surface area contributed by atoms with Crippen molar-refractivity contribution >= 4 is 10.1 Å². The van der Waals surface area contributed by atoms with Crippen LogP contribution in [0.1, 0.15) is 123 Å². The molecule has 0 spiro atoms. The second-order valence-corrected chi connectivity index (χ2v) is 9.36. The fraction of sp³-hybridized carbons (Fsp3) is 1.00. The number of rotatable bonds is 19. The molecule has 0 aliphatic carbocycles. The molecule has 158 valence electrons. The SMILES string of the molecule is CCCCCCCCCCCC(O)C(CCCCCCCC)S(=O)(=O)[O-].[Na+]. The molecule has 0 aromatic rings. The first-order chi connectivity index (χ1) is 12.4. The first-order valence-electron chi connectivity index (χ1n) is 11.1. The van der Waals surface area contributed by atoms with Crippen LogP contribution in [0.5, 0.6) is 0 Å². The minimum Gasteiger partial charge on any atom is -0.748 e.